The fraction of sp³-hybridized carbons (Fsp3) is 0.0667. The molecule has 94 valence electrons. The first kappa shape index (κ1) is 12.1. The number of rotatable bonds is 2. The van der Waals surface area contributed by atoms with E-state index in [0.717, 1.165) is 27.0 Å². The van der Waals surface area contributed by atoms with Crippen LogP contribution >= 0.6 is 15.9 Å². The lowest BCUT2D eigenvalue weighted by Gasteiger charge is -2.05. The predicted octanol–water partition coefficient (Wildman–Crippen LogP) is 4.21. The topological polar surface area (TPSA) is 41.6 Å². The predicted molar refractivity (Wildman–Crippen MR) is 79.7 cm³/mol. The molecule has 0 atom stereocenters. The standard InChI is InChI=1S/C15H12BrN3/c1-10-6-2-3-7-11(10)14-15(18-19-17-14)12-8-4-5-9-13(12)16/h2-9H,1H3,(H,17,18,19). The highest BCUT2D eigenvalue weighted by molar-refractivity contribution is 9.10. The Hall–Kier alpha value is -1.94. The average molecular weight is 314 g/mol. The van der Waals surface area contributed by atoms with Crippen LogP contribution in [0.1, 0.15) is 5.56 Å². The van der Waals surface area contributed by atoms with Crippen LogP contribution < -0.4 is 0 Å². The normalized spacial score (nSPS) is 10.6. The molecule has 0 saturated heterocycles. The molecule has 19 heavy (non-hydrogen) atoms. The quantitative estimate of drug-likeness (QED) is 0.770. The zero-order valence-corrected chi connectivity index (χ0v) is 12.0. The SMILES string of the molecule is Cc1ccccc1-c1n[nH]nc1-c1ccccc1Br. The molecule has 0 fully saturated rings. The first-order valence-electron chi connectivity index (χ1n) is 5.99. The number of hydrogen-bond acceptors (Lipinski definition) is 2. The molecule has 0 aliphatic rings. The summed E-state index contributed by atoms with van der Waals surface area (Å²) in [6.45, 7) is 2.08. The fourth-order valence-electron chi connectivity index (χ4n) is 2.10. The van der Waals surface area contributed by atoms with Gasteiger partial charge in [0.1, 0.15) is 11.4 Å². The zero-order chi connectivity index (χ0) is 13.2. The van der Waals surface area contributed by atoms with E-state index in [-0.39, 0.29) is 0 Å². The molecule has 0 unspecified atom stereocenters. The van der Waals surface area contributed by atoms with Gasteiger partial charge < -0.3 is 0 Å². The molecule has 1 N–H and O–H groups in total. The van der Waals surface area contributed by atoms with Gasteiger partial charge in [0.2, 0.25) is 0 Å². The second-order valence-corrected chi connectivity index (χ2v) is 5.17. The van der Waals surface area contributed by atoms with Crippen molar-refractivity contribution in [1.29, 1.82) is 0 Å². The summed E-state index contributed by atoms with van der Waals surface area (Å²) >= 11 is 3.56. The van der Waals surface area contributed by atoms with Gasteiger partial charge in [-0.2, -0.15) is 15.4 Å². The van der Waals surface area contributed by atoms with Crippen molar-refractivity contribution in [3.63, 3.8) is 0 Å². The number of benzene rings is 2. The van der Waals surface area contributed by atoms with Crippen molar-refractivity contribution >= 4 is 15.9 Å². The Bertz CT molecular complexity index is 659. The highest BCUT2D eigenvalue weighted by Gasteiger charge is 2.15. The maximum Gasteiger partial charge on any atom is 0.121 e. The largest absolute Gasteiger partial charge is 0.197 e. The molecule has 1 heterocycles. The highest BCUT2D eigenvalue weighted by Crippen LogP contribution is 2.33. The molecule has 3 nitrogen and oxygen atoms in total. The third-order valence-corrected chi connectivity index (χ3v) is 3.77. The van der Waals surface area contributed by atoms with Crippen LogP contribution in [0, 0.1) is 6.92 Å². The molecular formula is C15H12BrN3. The summed E-state index contributed by atoms with van der Waals surface area (Å²) in [6.07, 6.45) is 0. The number of halogens is 1. The van der Waals surface area contributed by atoms with Crippen molar-refractivity contribution in [3.05, 3.63) is 58.6 Å². The summed E-state index contributed by atoms with van der Waals surface area (Å²) in [5, 5.41) is 11.3. The van der Waals surface area contributed by atoms with E-state index in [9.17, 15) is 0 Å². The summed E-state index contributed by atoms with van der Waals surface area (Å²) < 4.78 is 1.01. The van der Waals surface area contributed by atoms with Gasteiger partial charge in [-0.15, -0.1) is 0 Å². The highest BCUT2D eigenvalue weighted by atomic mass is 79.9. The minimum atomic E-state index is 0.863. The molecule has 3 rings (SSSR count). The Labute approximate surface area is 119 Å². The molecule has 0 saturated carbocycles. The maximum absolute atomic E-state index is 4.31. The van der Waals surface area contributed by atoms with Gasteiger partial charge in [-0.1, -0.05) is 58.4 Å². The van der Waals surface area contributed by atoms with Gasteiger partial charge in [0.25, 0.3) is 0 Å². The van der Waals surface area contributed by atoms with E-state index in [1.807, 2.05) is 36.4 Å². The first-order valence-corrected chi connectivity index (χ1v) is 6.78. The van der Waals surface area contributed by atoms with Crippen LogP contribution in [0.25, 0.3) is 22.5 Å². The van der Waals surface area contributed by atoms with Crippen molar-refractivity contribution in [2.45, 2.75) is 6.92 Å². The molecule has 0 bridgehead atoms. The lowest BCUT2D eigenvalue weighted by molar-refractivity contribution is 0.943. The van der Waals surface area contributed by atoms with Crippen LogP contribution in [0.15, 0.2) is 53.0 Å². The summed E-state index contributed by atoms with van der Waals surface area (Å²) in [4.78, 5) is 0. The number of hydrogen-bond donors (Lipinski definition) is 1. The molecule has 0 radical (unpaired) electrons. The van der Waals surface area contributed by atoms with E-state index >= 15 is 0 Å². The van der Waals surface area contributed by atoms with E-state index in [4.69, 9.17) is 0 Å². The lowest BCUT2D eigenvalue weighted by atomic mass is 10.0. The van der Waals surface area contributed by atoms with Crippen molar-refractivity contribution in [1.82, 2.24) is 15.4 Å². The summed E-state index contributed by atoms with van der Waals surface area (Å²) in [5.41, 5.74) is 5.06. The van der Waals surface area contributed by atoms with E-state index in [0.29, 0.717) is 0 Å². The molecule has 0 aliphatic carbocycles. The molecular weight excluding hydrogens is 302 g/mol. The van der Waals surface area contributed by atoms with E-state index in [1.54, 1.807) is 0 Å². The summed E-state index contributed by atoms with van der Waals surface area (Å²) in [5.74, 6) is 0. The van der Waals surface area contributed by atoms with Crippen molar-refractivity contribution in [2.75, 3.05) is 0 Å². The Morgan fingerprint density at radius 1 is 0.842 bits per heavy atom. The van der Waals surface area contributed by atoms with Crippen LogP contribution in [-0.4, -0.2) is 15.4 Å². The van der Waals surface area contributed by atoms with Gasteiger partial charge in [0.05, 0.1) is 0 Å². The number of H-pyrrole nitrogens is 1. The molecule has 0 aliphatic heterocycles. The van der Waals surface area contributed by atoms with Crippen LogP contribution in [0.3, 0.4) is 0 Å². The summed E-state index contributed by atoms with van der Waals surface area (Å²) in [7, 11) is 0. The molecule has 3 aromatic rings. The fourth-order valence-corrected chi connectivity index (χ4v) is 2.57. The Kier molecular flexibility index (Phi) is 3.17. The second-order valence-electron chi connectivity index (χ2n) is 4.32. The van der Waals surface area contributed by atoms with Gasteiger partial charge in [-0.25, -0.2) is 0 Å². The van der Waals surface area contributed by atoms with Gasteiger partial charge in [-0.05, 0) is 18.6 Å². The molecule has 4 heteroatoms. The number of aryl methyl sites for hydroxylation is 1. The third kappa shape index (κ3) is 2.19. The minimum Gasteiger partial charge on any atom is -0.197 e. The number of nitrogens with one attached hydrogen (secondary N) is 1. The first-order chi connectivity index (χ1) is 9.27. The van der Waals surface area contributed by atoms with Gasteiger partial charge in [-0.3, -0.25) is 0 Å². The number of aromatic nitrogens is 3. The van der Waals surface area contributed by atoms with E-state index in [2.05, 4.69) is 50.4 Å². The zero-order valence-electron chi connectivity index (χ0n) is 10.4. The number of aromatic amines is 1. The molecule has 2 aromatic carbocycles. The van der Waals surface area contributed by atoms with Crippen LogP contribution in [0.4, 0.5) is 0 Å². The number of nitrogens with zero attached hydrogens (tertiary/aromatic N) is 2. The van der Waals surface area contributed by atoms with Crippen molar-refractivity contribution < 1.29 is 0 Å². The van der Waals surface area contributed by atoms with Gasteiger partial charge in [0.15, 0.2) is 0 Å². The molecule has 0 spiro atoms. The van der Waals surface area contributed by atoms with Gasteiger partial charge >= 0.3 is 0 Å². The van der Waals surface area contributed by atoms with Crippen molar-refractivity contribution in [2.24, 2.45) is 0 Å². The van der Waals surface area contributed by atoms with Gasteiger partial charge in [0, 0.05) is 15.6 Å². The Morgan fingerprint density at radius 2 is 1.42 bits per heavy atom. The smallest absolute Gasteiger partial charge is 0.121 e. The molecule has 1 aromatic heterocycles. The summed E-state index contributed by atoms with van der Waals surface area (Å²) in [6, 6.07) is 16.2. The Morgan fingerprint density at radius 3 is 2.11 bits per heavy atom. The van der Waals surface area contributed by atoms with E-state index in [1.165, 1.54) is 5.56 Å². The van der Waals surface area contributed by atoms with Crippen molar-refractivity contribution in [3.8, 4) is 22.5 Å². The van der Waals surface area contributed by atoms with Crippen LogP contribution in [0.2, 0.25) is 0 Å². The lowest BCUT2D eigenvalue weighted by Crippen LogP contribution is -1.87. The van der Waals surface area contributed by atoms with E-state index < -0.39 is 0 Å². The average Bonchev–Trinajstić information content (AvgIpc) is 2.89. The maximum atomic E-state index is 4.31. The van der Waals surface area contributed by atoms with Crippen LogP contribution in [-0.2, 0) is 0 Å². The minimum absolute atomic E-state index is 0.863. The monoisotopic (exact) mass is 313 g/mol. The Balaban J connectivity index is 2.20. The third-order valence-electron chi connectivity index (χ3n) is 3.08. The molecule has 0 amide bonds. The van der Waals surface area contributed by atoms with Crippen LogP contribution in [0.5, 0.6) is 0 Å². The second kappa shape index (κ2) is 4.97.